The Morgan fingerprint density at radius 1 is 1.15 bits per heavy atom. The van der Waals surface area contributed by atoms with E-state index in [1.165, 1.54) is 0 Å². The lowest BCUT2D eigenvalue weighted by atomic mass is 10.0. The average molecular weight is 289 g/mol. The Morgan fingerprint density at radius 3 is 2.55 bits per heavy atom. The summed E-state index contributed by atoms with van der Waals surface area (Å²) < 4.78 is 0. The van der Waals surface area contributed by atoms with Crippen molar-refractivity contribution in [2.24, 2.45) is 0 Å². The molecule has 5 heteroatoms. The molecule has 0 saturated heterocycles. The van der Waals surface area contributed by atoms with Crippen LogP contribution in [0.5, 0.6) is 0 Å². The molecule has 2 N–H and O–H groups in total. The molecule has 4 nitrogen and oxygen atoms in total. The molecule has 1 atom stereocenters. The van der Waals surface area contributed by atoms with Gasteiger partial charge in [0.05, 0.1) is 6.42 Å². The molecule has 0 heterocycles. The maximum absolute atomic E-state index is 11.9. The normalized spacial score (nSPS) is 12.1. The first-order valence-corrected chi connectivity index (χ1v) is 6.84. The molecular formula is C15H15NO3S. The third-order valence-electron chi connectivity index (χ3n) is 3.05. The van der Waals surface area contributed by atoms with Crippen molar-refractivity contribution in [3.8, 4) is 0 Å². The lowest BCUT2D eigenvalue weighted by Gasteiger charge is -2.12. The predicted octanol–water partition coefficient (Wildman–Crippen LogP) is 1.88. The van der Waals surface area contributed by atoms with Crippen molar-refractivity contribution >= 4 is 35.3 Å². The molecule has 0 aliphatic carbocycles. The fourth-order valence-corrected chi connectivity index (χ4v) is 2.30. The summed E-state index contributed by atoms with van der Waals surface area (Å²) >= 11 is 3.92. The number of thiol groups is 1. The molecule has 104 valence electrons. The maximum Gasteiger partial charge on any atom is 0.327 e. The highest BCUT2D eigenvalue weighted by Crippen LogP contribution is 2.18. The van der Waals surface area contributed by atoms with E-state index in [-0.39, 0.29) is 18.1 Å². The van der Waals surface area contributed by atoms with Gasteiger partial charge in [0, 0.05) is 5.75 Å². The van der Waals surface area contributed by atoms with Crippen LogP contribution in [0.2, 0.25) is 0 Å². The van der Waals surface area contributed by atoms with Crippen molar-refractivity contribution in [1.82, 2.24) is 5.32 Å². The van der Waals surface area contributed by atoms with E-state index in [2.05, 4.69) is 17.9 Å². The summed E-state index contributed by atoms with van der Waals surface area (Å²) in [5.74, 6) is -1.33. The minimum atomic E-state index is -1.08. The average Bonchev–Trinajstić information content (AvgIpc) is 2.45. The number of carbonyl (C=O) groups excluding carboxylic acids is 1. The zero-order chi connectivity index (χ0) is 14.5. The van der Waals surface area contributed by atoms with Gasteiger partial charge in [-0.2, -0.15) is 12.6 Å². The zero-order valence-corrected chi connectivity index (χ0v) is 11.6. The molecule has 20 heavy (non-hydrogen) atoms. The molecule has 2 aromatic rings. The van der Waals surface area contributed by atoms with Gasteiger partial charge < -0.3 is 10.4 Å². The third kappa shape index (κ3) is 3.30. The smallest absolute Gasteiger partial charge is 0.327 e. The van der Waals surface area contributed by atoms with Crippen LogP contribution in [-0.4, -0.2) is 28.8 Å². The molecule has 0 bridgehead atoms. The second-order valence-electron chi connectivity index (χ2n) is 4.46. The molecule has 0 spiro atoms. The van der Waals surface area contributed by atoms with E-state index in [0.29, 0.717) is 0 Å². The number of amides is 1. The number of aliphatic carboxylic acids is 1. The fraction of sp³-hybridized carbons (Fsp3) is 0.200. The van der Waals surface area contributed by atoms with Crippen molar-refractivity contribution in [3.63, 3.8) is 0 Å². The molecular weight excluding hydrogens is 274 g/mol. The van der Waals surface area contributed by atoms with Crippen LogP contribution in [0.15, 0.2) is 42.5 Å². The SMILES string of the molecule is O=C(Cc1cccc2ccccc12)NC(CS)C(=O)O. The van der Waals surface area contributed by atoms with Gasteiger partial charge in [0.15, 0.2) is 0 Å². The fourth-order valence-electron chi connectivity index (χ4n) is 2.05. The van der Waals surface area contributed by atoms with E-state index in [4.69, 9.17) is 5.11 Å². The van der Waals surface area contributed by atoms with Gasteiger partial charge in [-0.1, -0.05) is 42.5 Å². The summed E-state index contributed by atoms with van der Waals surface area (Å²) in [5, 5.41) is 13.4. The van der Waals surface area contributed by atoms with Gasteiger partial charge in [-0.15, -0.1) is 0 Å². The molecule has 2 aromatic carbocycles. The maximum atomic E-state index is 11.9. The molecule has 1 amide bonds. The minimum Gasteiger partial charge on any atom is -0.480 e. The second kappa shape index (κ2) is 6.43. The highest BCUT2D eigenvalue weighted by atomic mass is 32.1. The Hall–Kier alpha value is -2.01. The van der Waals surface area contributed by atoms with Crippen molar-refractivity contribution < 1.29 is 14.7 Å². The highest BCUT2D eigenvalue weighted by molar-refractivity contribution is 7.80. The molecule has 0 saturated carbocycles. The summed E-state index contributed by atoms with van der Waals surface area (Å²) in [6, 6.07) is 12.6. The van der Waals surface area contributed by atoms with Gasteiger partial charge in [-0.3, -0.25) is 4.79 Å². The van der Waals surface area contributed by atoms with E-state index in [1.807, 2.05) is 42.5 Å². The number of fused-ring (bicyclic) bond motifs is 1. The standard InChI is InChI=1S/C15H15NO3S/c17-14(16-13(9-20)15(18)19)8-11-6-3-5-10-4-1-2-7-12(10)11/h1-7,13,20H,8-9H2,(H,16,17)(H,18,19). The molecule has 0 fully saturated rings. The molecule has 0 aliphatic rings. The van der Waals surface area contributed by atoms with Gasteiger partial charge in [-0.05, 0) is 16.3 Å². The van der Waals surface area contributed by atoms with Crippen molar-refractivity contribution in [1.29, 1.82) is 0 Å². The number of rotatable bonds is 5. The predicted molar refractivity (Wildman–Crippen MR) is 81.1 cm³/mol. The van der Waals surface area contributed by atoms with Crippen LogP contribution in [0.25, 0.3) is 10.8 Å². The van der Waals surface area contributed by atoms with Crippen LogP contribution in [0.4, 0.5) is 0 Å². The van der Waals surface area contributed by atoms with Gasteiger partial charge >= 0.3 is 5.97 Å². The molecule has 0 aromatic heterocycles. The second-order valence-corrected chi connectivity index (χ2v) is 4.82. The Kier molecular flexibility index (Phi) is 4.63. The summed E-state index contributed by atoms with van der Waals surface area (Å²) in [6.07, 6.45) is 0.152. The number of carboxylic acid groups (broad SMARTS) is 1. The first kappa shape index (κ1) is 14.4. The third-order valence-corrected chi connectivity index (χ3v) is 3.41. The van der Waals surface area contributed by atoms with Crippen molar-refractivity contribution in [3.05, 3.63) is 48.0 Å². The van der Waals surface area contributed by atoms with E-state index in [1.54, 1.807) is 0 Å². The van der Waals surface area contributed by atoms with E-state index in [0.717, 1.165) is 16.3 Å². The first-order valence-electron chi connectivity index (χ1n) is 6.21. The zero-order valence-electron chi connectivity index (χ0n) is 10.7. The summed E-state index contributed by atoms with van der Waals surface area (Å²) in [6.45, 7) is 0. The molecule has 0 radical (unpaired) electrons. The van der Waals surface area contributed by atoms with E-state index < -0.39 is 12.0 Å². The lowest BCUT2D eigenvalue weighted by Crippen LogP contribution is -2.42. The molecule has 0 aliphatic heterocycles. The number of hydrogen-bond acceptors (Lipinski definition) is 3. The van der Waals surface area contributed by atoms with Crippen LogP contribution >= 0.6 is 12.6 Å². The van der Waals surface area contributed by atoms with Gasteiger partial charge in [0.1, 0.15) is 6.04 Å². The Labute approximate surface area is 122 Å². The summed E-state index contributed by atoms with van der Waals surface area (Å²) in [7, 11) is 0. The Balaban J connectivity index is 2.16. The molecule has 2 rings (SSSR count). The van der Waals surface area contributed by atoms with E-state index >= 15 is 0 Å². The molecule has 1 unspecified atom stereocenters. The summed E-state index contributed by atoms with van der Waals surface area (Å²) in [5.41, 5.74) is 0.879. The van der Waals surface area contributed by atoms with Crippen LogP contribution in [0.3, 0.4) is 0 Å². The van der Waals surface area contributed by atoms with Crippen molar-refractivity contribution in [2.45, 2.75) is 12.5 Å². The first-order chi connectivity index (χ1) is 9.61. The van der Waals surface area contributed by atoms with Crippen molar-refractivity contribution in [2.75, 3.05) is 5.75 Å². The van der Waals surface area contributed by atoms with Crippen LogP contribution in [0, 0.1) is 0 Å². The topological polar surface area (TPSA) is 66.4 Å². The summed E-state index contributed by atoms with van der Waals surface area (Å²) in [4.78, 5) is 22.8. The number of hydrogen-bond donors (Lipinski definition) is 3. The van der Waals surface area contributed by atoms with Crippen LogP contribution in [-0.2, 0) is 16.0 Å². The van der Waals surface area contributed by atoms with Crippen LogP contribution < -0.4 is 5.32 Å². The van der Waals surface area contributed by atoms with Gasteiger partial charge in [0.2, 0.25) is 5.91 Å². The van der Waals surface area contributed by atoms with Crippen LogP contribution in [0.1, 0.15) is 5.56 Å². The highest BCUT2D eigenvalue weighted by Gasteiger charge is 2.18. The lowest BCUT2D eigenvalue weighted by molar-refractivity contribution is -0.141. The number of nitrogens with one attached hydrogen (secondary N) is 1. The minimum absolute atomic E-state index is 0.0661. The Bertz CT molecular complexity index is 637. The number of carboxylic acids is 1. The number of carbonyl (C=O) groups is 2. The monoisotopic (exact) mass is 289 g/mol. The van der Waals surface area contributed by atoms with Gasteiger partial charge in [-0.25, -0.2) is 4.79 Å². The quantitative estimate of drug-likeness (QED) is 0.736. The number of benzene rings is 2. The van der Waals surface area contributed by atoms with Gasteiger partial charge in [0.25, 0.3) is 0 Å². The van der Waals surface area contributed by atoms with E-state index in [9.17, 15) is 9.59 Å². The largest absolute Gasteiger partial charge is 0.480 e. The Morgan fingerprint density at radius 2 is 1.85 bits per heavy atom.